The van der Waals surface area contributed by atoms with E-state index in [1.807, 2.05) is 0 Å². The Kier molecular flexibility index (Phi) is 4.68. The number of nitrogens with one attached hydrogen (secondary N) is 1. The van der Waals surface area contributed by atoms with Gasteiger partial charge in [0.1, 0.15) is 11.9 Å². The monoisotopic (exact) mass is 262 g/mol. The summed E-state index contributed by atoms with van der Waals surface area (Å²) in [6.45, 7) is 0.745. The van der Waals surface area contributed by atoms with Gasteiger partial charge in [-0.2, -0.15) is 0 Å². The molecule has 2 atom stereocenters. The second-order valence-electron chi connectivity index (χ2n) is 4.95. The first-order valence-electron chi connectivity index (χ1n) is 6.60. The minimum Gasteiger partial charge on any atom is -0.368 e. The van der Waals surface area contributed by atoms with Gasteiger partial charge in [0.05, 0.1) is 0 Å². The van der Waals surface area contributed by atoms with E-state index in [1.54, 1.807) is 12.1 Å². The zero-order chi connectivity index (χ0) is 13.7. The molecule has 4 heteroatoms. The van der Waals surface area contributed by atoms with Crippen molar-refractivity contribution >= 4 is 5.91 Å². The molecule has 19 heavy (non-hydrogen) atoms. The molecule has 0 spiro atoms. The van der Waals surface area contributed by atoms with Crippen molar-refractivity contribution in [3.63, 3.8) is 0 Å². The summed E-state index contributed by atoms with van der Waals surface area (Å²) in [5.41, 5.74) is 6.12. The molecule has 1 aliphatic carbocycles. The minimum atomic E-state index is -0.550. The quantitative estimate of drug-likeness (QED) is 0.800. The molecule has 1 amide bonds. The lowest BCUT2D eigenvalue weighted by Crippen LogP contribution is -2.36. The van der Waals surface area contributed by atoms with Crippen LogP contribution in [0.4, 0.5) is 4.39 Å². The van der Waals surface area contributed by atoms with Crippen LogP contribution in [0.1, 0.15) is 30.9 Å². The van der Waals surface area contributed by atoms with Gasteiger partial charge < -0.3 is 11.1 Å². The third-order valence-electron chi connectivity index (χ3n) is 3.48. The fourth-order valence-corrected chi connectivity index (χ4v) is 2.36. The van der Waals surface area contributed by atoms with Crippen molar-refractivity contribution in [2.45, 2.75) is 25.3 Å². The van der Waals surface area contributed by atoms with Crippen molar-refractivity contribution in [1.29, 1.82) is 0 Å². The first kappa shape index (κ1) is 13.7. The summed E-state index contributed by atoms with van der Waals surface area (Å²) in [5, 5.41) is 3.19. The minimum absolute atomic E-state index is 0.315. The maximum absolute atomic E-state index is 12.9. The van der Waals surface area contributed by atoms with Crippen LogP contribution in [0.2, 0.25) is 0 Å². The Morgan fingerprint density at radius 3 is 2.68 bits per heavy atom. The third-order valence-corrected chi connectivity index (χ3v) is 3.48. The van der Waals surface area contributed by atoms with Gasteiger partial charge in [-0.05, 0) is 49.4 Å². The van der Waals surface area contributed by atoms with Crippen LogP contribution in [0.15, 0.2) is 36.4 Å². The van der Waals surface area contributed by atoms with Crippen molar-refractivity contribution in [2.24, 2.45) is 11.7 Å². The molecule has 0 fully saturated rings. The number of rotatable bonds is 5. The Bertz CT molecular complexity index is 456. The molecule has 2 unspecified atom stereocenters. The second-order valence-corrected chi connectivity index (χ2v) is 4.95. The van der Waals surface area contributed by atoms with Crippen molar-refractivity contribution in [3.8, 4) is 0 Å². The van der Waals surface area contributed by atoms with Crippen molar-refractivity contribution < 1.29 is 9.18 Å². The van der Waals surface area contributed by atoms with Gasteiger partial charge in [-0.1, -0.05) is 24.3 Å². The molecule has 1 aromatic rings. The van der Waals surface area contributed by atoms with E-state index >= 15 is 0 Å². The summed E-state index contributed by atoms with van der Waals surface area (Å²) in [5.74, 6) is -0.213. The van der Waals surface area contributed by atoms with Crippen LogP contribution in [-0.2, 0) is 4.79 Å². The van der Waals surface area contributed by atoms with Crippen LogP contribution in [-0.4, -0.2) is 12.5 Å². The van der Waals surface area contributed by atoms with Crippen molar-refractivity contribution in [3.05, 3.63) is 47.8 Å². The molecule has 0 bridgehead atoms. The van der Waals surface area contributed by atoms with E-state index < -0.39 is 11.9 Å². The summed E-state index contributed by atoms with van der Waals surface area (Å²) in [7, 11) is 0. The van der Waals surface area contributed by atoms with Gasteiger partial charge >= 0.3 is 0 Å². The van der Waals surface area contributed by atoms with Crippen molar-refractivity contribution in [2.75, 3.05) is 6.54 Å². The average Bonchev–Trinajstić information content (AvgIpc) is 2.42. The van der Waals surface area contributed by atoms with E-state index in [1.165, 1.54) is 12.1 Å². The van der Waals surface area contributed by atoms with Gasteiger partial charge in [0.2, 0.25) is 5.91 Å². The number of carbonyl (C=O) groups is 1. The van der Waals surface area contributed by atoms with Crippen molar-refractivity contribution in [1.82, 2.24) is 5.32 Å². The fraction of sp³-hybridized carbons (Fsp3) is 0.400. The number of primary amides is 1. The Morgan fingerprint density at radius 2 is 2.11 bits per heavy atom. The van der Waals surface area contributed by atoms with E-state index in [4.69, 9.17) is 5.73 Å². The lowest BCUT2D eigenvalue weighted by Gasteiger charge is -2.22. The molecule has 0 aliphatic heterocycles. The summed E-state index contributed by atoms with van der Waals surface area (Å²) in [6, 6.07) is 5.33. The zero-order valence-electron chi connectivity index (χ0n) is 10.8. The molecule has 0 heterocycles. The number of hydrogen-bond donors (Lipinski definition) is 2. The summed E-state index contributed by atoms with van der Waals surface area (Å²) >= 11 is 0. The normalized spacial score (nSPS) is 20.2. The number of amides is 1. The van der Waals surface area contributed by atoms with Gasteiger partial charge in [-0.15, -0.1) is 0 Å². The topological polar surface area (TPSA) is 55.1 Å². The highest BCUT2D eigenvalue weighted by molar-refractivity contribution is 5.81. The van der Waals surface area contributed by atoms with Gasteiger partial charge in [0.15, 0.2) is 0 Å². The zero-order valence-corrected chi connectivity index (χ0v) is 10.8. The van der Waals surface area contributed by atoms with E-state index in [0.29, 0.717) is 11.5 Å². The first-order valence-corrected chi connectivity index (χ1v) is 6.60. The highest BCUT2D eigenvalue weighted by Crippen LogP contribution is 2.19. The standard InChI is InChI=1S/C15H19FN2O/c16-13-8-6-12(7-9-13)14(15(17)19)18-10-11-4-2-1-3-5-11/h1-2,6-9,11,14,18H,3-5,10H2,(H2,17,19). The lowest BCUT2D eigenvalue weighted by molar-refractivity contribution is -0.120. The molecule has 102 valence electrons. The number of hydrogen-bond acceptors (Lipinski definition) is 2. The number of carbonyl (C=O) groups excluding carboxylic acids is 1. The Balaban J connectivity index is 1.98. The van der Waals surface area contributed by atoms with Crippen LogP contribution < -0.4 is 11.1 Å². The highest BCUT2D eigenvalue weighted by Gasteiger charge is 2.19. The third kappa shape index (κ3) is 3.89. The van der Waals surface area contributed by atoms with Gasteiger partial charge in [0, 0.05) is 0 Å². The van der Waals surface area contributed by atoms with Crippen LogP contribution in [0.5, 0.6) is 0 Å². The molecule has 0 saturated heterocycles. The predicted molar refractivity (Wildman–Crippen MR) is 72.8 cm³/mol. The first-order chi connectivity index (χ1) is 9.16. The van der Waals surface area contributed by atoms with Gasteiger partial charge in [-0.3, -0.25) is 4.79 Å². The van der Waals surface area contributed by atoms with Crippen LogP contribution in [0.25, 0.3) is 0 Å². The highest BCUT2D eigenvalue weighted by atomic mass is 19.1. The molecule has 1 aliphatic rings. The number of allylic oxidation sites excluding steroid dienone is 2. The molecule has 1 aromatic carbocycles. The Hall–Kier alpha value is -1.68. The van der Waals surface area contributed by atoms with E-state index in [2.05, 4.69) is 17.5 Å². The Labute approximate surface area is 112 Å². The maximum Gasteiger partial charge on any atom is 0.239 e. The number of halogens is 1. The van der Waals surface area contributed by atoms with E-state index in [-0.39, 0.29) is 5.82 Å². The SMILES string of the molecule is NC(=O)C(NCC1CC=CCC1)c1ccc(F)cc1. The lowest BCUT2D eigenvalue weighted by atomic mass is 9.94. The number of benzene rings is 1. The van der Waals surface area contributed by atoms with Crippen LogP contribution in [0, 0.1) is 11.7 Å². The van der Waals surface area contributed by atoms with Crippen LogP contribution in [0.3, 0.4) is 0 Å². The van der Waals surface area contributed by atoms with Crippen LogP contribution >= 0.6 is 0 Å². The summed E-state index contributed by atoms with van der Waals surface area (Å²) in [4.78, 5) is 11.5. The predicted octanol–water partition coefficient (Wildman–Crippen LogP) is 2.30. The summed E-state index contributed by atoms with van der Waals surface area (Å²) in [6.07, 6.45) is 7.60. The molecule has 0 aromatic heterocycles. The molecular weight excluding hydrogens is 243 g/mol. The van der Waals surface area contributed by atoms with Gasteiger partial charge in [-0.25, -0.2) is 4.39 Å². The average molecular weight is 262 g/mol. The summed E-state index contributed by atoms with van der Waals surface area (Å²) < 4.78 is 12.9. The smallest absolute Gasteiger partial charge is 0.239 e. The van der Waals surface area contributed by atoms with E-state index in [9.17, 15) is 9.18 Å². The second kappa shape index (κ2) is 6.48. The Morgan fingerprint density at radius 1 is 1.37 bits per heavy atom. The van der Waals surface area contributed by atoms with E-state index in [0.717, 1.165) is 25.8 Å². The molecule has 2 rings (SSSR count). The number of nitrogens with two attached hydrogens (primary N) is 1. The molecule has 0 radical (unpaired) electrons. The molecule has 3 nitrogen and oxygen atoms in total. The molecule has 3 N–H and O–H groups in total. The maximum atomic E-state index is 12.9. The largest absolute Gasteiger partial charge is 0.368 e. The molecular formula is C15H19FN2O. The fourth-order valence-electron chi connectivity index (χ4n) is 2.36. The van der Waals surface area contributed by atoms with Gasteiger partial charge in [0.25, 0.3) is 0 Å². The molecule has 0 saturated carbocycles.